The van der Waals surface area contributed by atoms with Crippen molar-refractivity contribution in [2.75, 3.05) is 11.9 Å². The van der Waals surface area contributed by atoms with E-state index in [-0.39, 0.29) is 28.8 Å². The molecule has 1 heterocycles. The van der Waals surface area contributed by atoms with Gasteiger partial charge in [0, 0.05) is 41.6 Å². The molecule has 0 unspecified atom stereocenters. The minimum Gasteiger partial charge on any atom is -0.433 e. The molecule has 0 aliphatic heterocycles. The number of pyridine rings is 1. The lowest BCUT2D eigenvalue weighted by Crippen LogP contribution is -2.21. The summed E-state index contributed by atoms with van der Waals surface area (Å²) in [6.45, 7) is 3.90. The normalized spacial score (nSPS) is 11.4. The van der Waals surface area contributed by atoms with Gasteiger partial charge in [0.1, 0.15) is 18.2 Å². The number of Topliss-reactive ketones (excluding diaryl/α,β-unsaturated/α-hetero) is 1. The smallest absolute Gasteiger partial charge is 0.394 e. The third kappa shape index (κ3) is 5.80. The first-order valence-corrected chi connectivity index (χ1v) is 9.35. The Morgan fingerprint density at radius 3 is 2.38 bits per heavy atom. The molecule has 0 bridgehead atoms. The van der Waals surface area contributed by atoms with Gasteiger partial charge in [0.25, 0.3) is 0 Å². The van der Waals surface area contributed by atoms with Crippen LogP contribution < -0.4 is 10.1 Å². The molecule has 1 aromatic carbocycles. The molecule has 0 aliphatic carbocycles. The zero-order chi connectivity index (χ0) is 21.6. The van der Waals surface area contributed by atoms with Gasteiger partial charge < -0.3 is 20.6 Å². The first-order valence-electron chi connectivity index (χ1n) is 9.35. The van der Waals surface area contributed by atoms with Crippen molar-refractivity contribution >= 4 is 23.0 Å². The first kappa shape index (κ1) is 22.4. The van der Waals surface area contributed by atoms with Gasteiger partial charge in [-0.1, -0.05) is 13.8 Å². The number of benzene rings is 1. The monoisotopic (exact) mass is 405 g/mol. The van der Waals surface area contributed by atoms with E-state index >= 15 is 0 Å². The maximum absolute atomic E-state index is 13.0. The van der Waals surface area contributed by atoms with Crippen LogP contribution in [0.2, 0.25) is 0 Å². The number of ketones is 1. The number of aliphatic hydroxyl groups excluding tert-OH is 1. The second-order valence-electron chi connectivity index (χ2n) is 6.65. The number of rotatable bonds is 10. The van der Waals surface area contributed by atoms with Crippen LogP contribution in [0.1, 0.15) is 49.5 Å². The van der Waals surface area contributed by atoms with Gasteiger partial charge >= 0.3 is 6.11 Å². The molecule has 0 saturated carbocycles. The minimum absolute atomic E-state index is 0.00483. The third-order valence-electron chi connectivity index (χ3n) is 4.47. The second kappa shape index (κ2) is 9.56. The van der Waals surface area contributed by atoms with E-state index in [4.69, 9.17) is 5.41 Å². The van der Waals surface area contributed by atoms with Crippen molar-refractivity contribution in [2.24, 2.45) is 5.92 Å². The Morgan fingerprint density at radius 2 is 1.86 bits per heavy atom. The molecule has 0 aliphatic rings. The molecule has 2 rings (SSSR count). The van der Waals surface area contributed by atoms with Gasteiger partial charge in [-0.3, -0.25) is 4.79 Å². The standard InChI is InChI=1S/C21H25F2N3O3/c1-4-13(5-2)19(24)18-16(17(28)12-27)10-11-25-20(18)26-14-6-8-15(9-7-14)29-21(3,22)23/h6-11,13,24,27H,4-5,12H2,1-3H3,(H,25,26). The summed E-state index contributed by atoms with van der Waals surface area (Å²) in [7, 11) is 0. The molecule has 29 heavy (non-hydrogen) atoms. The van der Waals surface area contributed by atoms with Crippen LogP contribution in [0, 0.1) is 11.3 Å². The first-order chi connectivity index (χ1) is 13.7. The highest BCUT2D eigenvalue weighted by molar-refractivity contribution is 6.13. The van der Waals surface area contributed by atoms with Crippen LogP contribution in [0.4, 0.5) is 20.3 Å². The summed E-state index contributed by atoms with van der Waals surface area (Å²) in [4.78, 5) is 16.5. The van der Waals surface area contributed by atoms with Gasteiger partial charge in [-0.15, -0.1) is 0 Å². The van der Waals surface area contributed by atoms with E-state index in [0.717, 1.165) is 0 Å². The van der Waals surface area contributed by atoms with E-state index in [1.807, 2.05) is 13.8 Å². The van der Waals surface area contributed by atoms with Crippen molar-refractivity contribution in [1.29, 1.82) is 5.41 Å². The lowest BCUT2D eigenvalue weighted by molar-refractivity contribution is -0.158. The number of carbonyl (C=O) groups is 1. The van der Waals surface area contributed by atoms with Crippen LogP contribution in [0.3, 0.4) is 0 Å². The number of nitrogens with one attached hydrogen (secondary N) is 2. The molecule has 8 heteroatoms. The second-order valence-corrected chi connectivity index (χ2v) is 6.65. The minimum atomic E-state index is -3.28. The molecular weight excluding hydrogens is 380 g/mol. The Kier molecular flexibility index (Phi) is 7.39. The molecule has 0 fully saturated rings. The van der Waals surface area contributed by atoms with Crippen molar-refractivity contribution in [3.05, 3.63) is 47.7 Å². The van der Waals surface area contributed by atoms with Crippen molar-refractivity contribution in [1.82, 2.24) is 4.98 Å². The van der Waals surface area contributed by atoms with E-state index < -0.39 is 18.5 Å². The predicted molar refractivity (Wildman–Crippen MR) is 108 cm³/mol. The lowest BCUT2D eigenvalue weighted by atomic mass is 9.89. The fraction of sp³-hybridized carbons (Fsp3) is 0.381. The Morgan fingerprint density at radius 1 is 1.24 bits per heavy atom. The van der Waals surface area contributed by atoms with Gasteiger partial charge in [-0.2, -0.15) is 8.78 Å². The van der Waals surface area contributed by atoms with E-state index in [1.54, 1.807) is 0 Å². The highest BCUT2D eigenvalue weighted by Gasteiger charge is 2.24. The van der Waals surface area contributed by atoms with Gasteiger partial charge in [0.2, 0.25) is 0 Å². The SMILES string of the molecule is CCC(CC)C(=N)c1c(C(=O)CO)ccnc1Nc1ccc(OC(C)(F)F)cc1. The molecule has 0 saturated heterocycles. The molecule has 0 atom stereocenters. The summed E-state index contributed by atoms with van der Waals surface area (Å²) in [6, 6.07) is 7.32. The Hall–Kier alpha value is -2.87. The molecule has 0 radical (unpaired) electrons. The van der Waals surface area contributed by atoms with Gasteiger partial charge in [0.05, 0.1) is 0 Å². The summed E-state index contributed by atoms with van der Waals surface area (Å²) in [5, 5.41) is 21.0. The van der Waals surface area contributed by atoms with Crippen molar-refractivity contribution < 1.29 is 23.4 Å². The number of halogens is 2. The van der Waals surface area contributed by atoms with Gasteiger partial charge in [-0.25, -0.2) is 4.98 Å². The average Bonchev–Trinajstić information content (AvgIpc) is 2.68. The summed E-state index contributed by atoms with van der Waals surface area (Å²) in [6.07, 6.45) is -0.432. The predicted octanol–water partition coefficient (Wildman–Crippen LogP) is 4.80. The molecule has 3 N–H and O–H groups in total. The topological polar surface area (TPSA) is 95.3 Å². The number of alkyl halides is 2. The van der Waals surface area contributed by atoms with Crippen LogP contribution in [0.15, 0.2) is 36.5 Å². The van der Waals surface area contributed by atoms with Crippen molar-refractivity contribution in [2.45, 2.75) is 39.7 Å². The highest BCUT2D eigenvalue weighted by Crippen LogP contribution is 2.29. The summed E-state index contributed by atoms with van der Waals surface area (Å²) >= 11 is 0. The number of nitrogens with zero attached hydrogens (tertiary/aromatic N) is 1. The van der Waals surface area contributed by atoms with Crippen molar-refractivity contribution in [3.63, 3.8) is 0 Å². The Balaban J connectivity index is 2.42. The molecule has 2 aromatic rings. The number of aliphatic hydroxyl groups is 1. The fourth-order valence-corrected chi connectivity index (χ4v) is 3.00. The van der Waals surface area contributed by atoms with E-state index in [9.17, 15) is 18.7 Å². The summed E-state index contributed by atoms with van der Waals surface area (Å²) in [5.41, 5.74) is 1.33. The quantitative estimate of drug-likeness (QED) is 0.390. The number of carbonyl (C=O) groups excluding carboxylic acids is 1. The van der Waals surface area contributed by atoms with Gasteiger partial charge in [0.15, 0.2) is 5.78 Å². The van der Waals surface area contributed by atoms with Crippen LogP contribution in [0.5, 0.6) is 5.75 Å². The van der Waals surface area contributed by atoms with Crippen LogP contribution in [0.25, 0.3) is 0 Å². The molecule has 6 nitrogen and oxygen atoms in total. The molecule has 1 aromatic heterocycles. The number of anilines is 2. The fourth-order valence-electron chi connectivity index (χ4n) is 3.00. The van der Waals surface area contributed by atoms with Crippen LogP contribution in [-0.4, -0.2) is 34.3 Å². The number of hydrogen-bond acceptors (Lipinski definition) is 6. The summed E-state index contributed by atoms with van der Waals surface area (Å²) in [5.74, 6) is -0.288. The largest absolute Gasteiger partial charge is 0.433 e. The summed E-state index contributed by atoms with van der Waals surface area (Å²) < 4.78 is 30.5. The van der Waals surface area contributed by atoms with E-state index in [1.165, 1.54) is 36.5 Å². The molecule has 0 amide bonds. The molecular formula is C21H25F2N3O3. The third-order valence-corrected chi connectivity index (χ3v) is 4.47. The number of ether oxygens (including phenoxy) is 1. The maximum atomic E-state index is 13.0. The lowest BCUT2D eigenvalue weighted by Gasteiger charge is -2.20. The average molecular weight is 405 g/mol. The van der Waals surface area contributed by atoms with Crippen LogP contribution in [-0.2, 0) is 0 Å². The van der Waals surface area contributed by atoms with E-state index in [2.05, 4.69) is 15.0 Å². The zero-order valence-corrected chi connectivity index (χ0v) is 16.6. The highest BCUT2D eigenvalue weighted by atomic mass is 19.3. The molecule has 0 spiro atoms. The zero-order valence-electron chi connectivity index (χ0n) is 16.6. The Bertz CT molecular complexity index is 860. The van der Waals surface area contributed by atoms with Crippen LogP contribution >= 0.6 is 0 Å². The number of hydrogen-bond donors (Lipinski definition) is 3. The molecule has 156 valence electrons. The van der Waals surface area contributed by atoms with E-state index in [0.29, 0.717) is 31.0 Å². The van der Waals surface area contributed by atoms with Crippen molar-refractivity contribution in [3.8, 4) is 5.75 Å². The van der Waals surface area contributed by atoms with Gasteiger partial charge in [-0.05, 0) is 43.2 Å². The number of aromatic nitrogens is 1. The Labute approximate surface area is 168 Å². The maximum Gasteiger partial charge on any atom is 0.394 e.